The fourth-order valence-corrected chi connectivity index (χ4v) is 4.29. The molecular weight excluding hydrogens is 390 g/mol. The largest absolute Gasteiger partial charge is 0.383 e. The average Bonchev–Trinajstić information content (AvgIpc) is 3.12. The molecule has 0 saturated carbocycles. The molecule has 0 unspecified atom stereocenters. The third-order valence-electron chi connectivity index (χ3n) is 5.84. The van der Waals surface area contributed by atoms with Crippen molar-refractivity contribution >= 4 is 18.3 Å². The van der Waals surface area contributed by atoms with E-state index >= 15 is 0 Å². The average molecular weight is 420 g/mol. The number of halogens is 1. The van der Waals surface area contributed by atoms with Crippen LogP contribution in [0.2, 0.25) is 0 Å². The zero-order valence-corrected chi connectivity index (χ0v) is 17.7. The van der Waals surface area contributed by atoms with Crippen molar-refractivity contribution < 1.29 is 9.53 Å². The first-order valence-electron chi connectivity index (χ1n) is 10.2. The lowest BCUT2D eigenvalue weighted by atomic mass is 9.94. The summed E-state index contributed by atoms with van der Waals surface area (Å²) in [6.07, 6.45) is 3.86. The van der Waals surface area contributed by atoms with Crippen LogP contribution >= 0.6 is 12.4 Å². The van der Waals surface area contributed by atoms with Crippen molar-refractivity contribution in [2.24, 2.45) is 5.92 Å². The van der Waals surface area contributed by atoms with Crippen LogP contribution in [0.25, 0.3) is 0 Å². The normalized spacial score (nSPS) is 19.7. The monoisotopic (exact) mass is 419 g/mol. The van der Waals surface area contributed by atoms with Crippen molar-refractivity contribution in [3.63, 3.8) is 0 Å². The highest BCUT2D eigenvalue weighted by atomic mass is 35.5. The van der Waals surface area contributed by atoms with Crippen LogP contribution in [0.4, 0.5) is 0 Å². The maximum absolute atomic E-state index is 13.3. The van der Waals surface area contributed by atoms with Gasteiger partial charge in [0.1, 0.15) is 11.9 Å². The number of methoxy groups -OCH3 is 1. The first kappa shape index (κ1) is 21.7. The number of hydrogen-bond donors (Lipinski definition) is 1. The molecule has 1 aromatic heterocycles. The third-order valence-corrected chi connectivity index (χ3v) is 5.84. The molecular formula is C21H30ClN5O2. The number of amides is 1. The van der Waals surface area contributed by atoms with Gasteiger partial charge in [-0.3, -0.25) is 4.79 Å². The molecule has 158 valence electrons. The Morgan fingerprint density at radius 1 is 1.14 bits per heavy atom. The molecule has 3 heterocycles. The lowest BCUT2D eigenvalue weighted by Crippen LogP contribution is -2.45. The van der Waals surface area contributed by atoms with Gasteiger partial charge in [-0.15, -0.1) is 22.6 Å². The summed E-state index contributed by atoms with van der Waals surface area (Å²) in [5.74, 6) is 2.59. The maximum Gasteiger partial charge on any atom is 0.246 e. The molecule has 1 N–H and O–H groups in total. The highest BCUT2D eigenvalue weighted by Gasteiger charge is 2.36. The molecule has 2 aliphatic heterocycles. The summed E-state index contributed by atoms with van der Waals surface area (Å²) in [5, 5.41) is 12.4. The summed E-state index contributed by atoms with van der Waals surface area (Å²) < 4.78 is 7.32. The van der Waals surface area contributed by atoms with Gasteiger partial charge in [0.05, 0.1) is 13.2 Å². The zero-order valence-electron chi connectivity index (χ0n) is 16.9. The fraction of sp³-hybridized carbons (Fsp3) is 0.571. The number of aromatic nitrogens is 3. The van der Waals surface area contributed by atoms with Crippen LogP contribution in [0.5, 0.6) is 0 Å². The quantitative estimate of drug-likeness (QED) is 0.743. The minimum Gasteiger partial charge on any atom is -0.383 e. The van der Waals surface area contributed by atoms with Crippen molar-refractivity contribution in [2.75, 3.05) is 33.4 Å². The number of rotatable bonds is 7. The van der Waals surface area contributed by atoms with E-state index < -0.39 is 0 Å². The number of hydrogen-bond acceptors (Lipinski definition) is 5. The highest BCUT2D eigenvalue weighted by Crippen LogP contribution is 2.28. The Morgan fingerprint density at radius 3 is 2.62 bits per heavy atom. The minimum atomic E-state index is -0.283. The number of carbonyl (C=O) groups is 1. The SMILES string of the molecule is COCCN1Cc2nnc(CC3CCNCC3)n2[C@H](Cc2ccccc2)C1=O.Cl. The van der Waals surface area contributed by atoms with Crippen LogP contribution in [0.1, 0.15) is 36.1 Å². The molecule has 8 heteroatoms. The summed E-state index contributed by atoms with van der Waals surface area (Å²) in [6.45, 7) is 3.73. The Kier molecular flexibility index (Phi) is 7.64. The smallest absolute Gasteiger partial charge is 0.246 e. The van der Waals surface area contributed by atoms with Gasteiger partial charge in [0, 0.05) is 26.5 Å². The molecule has 0 radical (unpaired) electrons. The molecule has 1 aromatic carbocycles. The van der Waals surface area contributed by atoms with E-state index in [9.17, 15) is 4.79 Å². The zero-order chi connectivity index (χ0) is 19.3. The lowest BCUT2D eigenvalue weighted by molar-refractivity contribution is -0.138. The minimum absolute atomic E-state index is 0. The van der Waals surface area contributed by atoms with Gasteiger partial charge in [0.25, 0.3) is 0 Å². The standard InChI is InChI=1S/C21H29N5O2.ClH/c1-28-12-11-25-15-20-24-23-19(14-17-7-9-22-10-8-17)26(20)18(21(25)27)13-16-5-3-2-4-6-16;/h2-6,17-18,22H,7-15H2,1H3;1H/t18-;/m1./s1. The van der Waals surface area contributed by atoms with Crippen LogP contribution < -0.4 is 5.32 Å². The second kappa shape index (κ2) is 10.2. The van der Waals surface area contributed by atoms with Gasteiger partial charge in [0.2, 0.25) is 5.91 Å². The van der Waals surface area contributed by atoms with Gasteiger partial charge in [0.15, 0.2) is 5.82 Å². The summed E-state index contributed by atoms with van der Waals surface area (Å²) in [4.78, 5) is 15.2. The third kappa shape index (κ3) is 4.97. The van der Waals surface area contributed by atoms with E-state index in [1.165, 1.54) is 0 Å². The molecule has 2 aliphatic rings. The molecule has 1 amide bonds. The molecule has 0 spiro atoms. The molecule has 1 fully saturated rings. The Bertz CT molecular complexity index is 792. The molecule has 1 atom stereocenters. The summed E-state index contributed by atoms with van der Waals surface area (Å²) in [6, 6.07) is 9.93. The number of nitrogens with zero attached hydrogens (tertiary/aromatic N) is 4. The molecule has 0 aliphatic carbocycles. The van der Waals surface area contributed by atoms with Gasteiger partial charge in [-0.2, -0.15) is 0 Å². The number of fused-ring (bicyclic) bond motifs is 1. The van der Waals surface area contributed by atoms with Gasteiger partial charge in [-0.25, -0.2) is 0 Å². The van der Waals surface area contributed by atoms with E-state index in [1.807, 2.05) is 23.1 Å². The number of piperidine rings is 1. The number of nitrogens with one attached hydrogen (secondary N) is 1. The van der Waals surface area contributed by atoms with E-state index in [0.717, 1.165) is 49.6 Å². The highest BCUT2D eigenvalue weighted by molar-refractivity contribution is 5.85. The first-order valence-corrected chi connectivity index (χ1v) is 10.2. The van der Waals surface area contributed by atoms with Crippen LogP contribution in [0.15, 0.2) is 30.3 Å². The van der Waals surface area contributed by atoms with E-state index in [4.69, 9.17) is 4.74 Å². The Morgan fingerprint density at radius 2 is 1.90 bits per heavy atom. The topological polar surface area (TPSA) is 72.3 Å². The fourth-order valence-electron chi connectivity index (χ4n) is 4.29. The number of ether oxygens (including phenoxy) is 1. The van der Waals surface area contributed by atoms with Gasteiger partial charge in [-0.1, -0.05) is 30.3 Å². The summed E-state index contributed by atoms with van der Waals surface area (Å²) in [5.41, 5.74) is 1.15. The summed E-state index contributed by atoms with van der Waals surface area (Å²) in [7, 11) is 1.66. The van der Waals surface area contributed by atoms with Crippen LogP contribution in [-0.2, 0) is 28.9 Å². The van der Waals surface area contributed by atoms with Crippen molar-refractivity contribution in [2.45, 2.75) is 38.3 Å². The van der Waals surface area contributed by atoms with Crippen LogP contribution in [0, 0.1) is 5.92 Å². The Balaban J connectivity index is 0.00000240. The Labute approximate surface area is 178 Å². The molecule has 0 bridgehead atoms. The van der Waals surface area contributed by atoms with Gasteiger partial charge < -0.3 is 19.5 Å². The summed E-state index contributed by atoms with van der Waals surface area (Å²) >= 11 is 0. The molecule has 4 rings (SSSR count). The Hall–Kier alpha value is -1.96. The molecule has 1 saturated heterocycles. The lowest BCUT2D eigenvalue weighted by Gasteiger charge is -2.34. The second-order valence-corrected chi connectivity index (χ2v) is 7.76. The number of benzene rings is 1. The van der Waals surface area contributed by atoms with Gasteiger partial charge >= 0.3 is 0 Å². The van der Waals surface area contributed by atoms with Gasteiger partial charge in [-0.05, 0) is 37.4 Å². The maximum atomic E-state index is 13.3. The van der Waals surface area contributed by atoms with Crippen molar-refractivity contribution in [3.8, 4) is 0 Å². The van der Waals surface area contributed by atoms with E-state index in [1.54, 1.807) is 7.11 Å². The molecule has 29 heavy (non-hydrogen) atoms. The molecule has 7 nitrogen and oxygen atoms in total. The number of carbonyl (C=O) groups excluding carboxylic acids is 1. The van der Waals surface area contributed by atoms with Crippen LogP contribution in [0.3, 0.4) is 0 Å². The van der Waals surface area contributed by atoms with E-state index in [2.05, 4.69) is 32.2 Å². The second-order valence-electron chi connectivity index (χ2n) is 7.76. The van der Waals surface area contributed by atoms with E-state index in [0.29, 0.717) is 32.0 Å². The molecule has 2 aromatic rings. The van der Waals surface area contributed by atoms with Crippen molar-refractivity contribution in [3.05, 3.63) is 47.5 Å². The van der Waals surface area contributed by atoms with Crippen LogP contribution in [-0.4, -0.2) is 58.9 Å². The predicted molar refractivity (Wildman–Crippen MR) is 113 cm³/mol. The van der Waals surface area contributed by atoms with E-state index in [-0.39, 0.29) is 24.4 Å². The predicted octanol–water partition coefficient (Wildman–Crippen LogP) is 2.01. The first-order chi connectivity index (χ1) is 13.8. The van der Waals surface area contributed by atoms with Crippen molar-refractivity contribution in [1.82, 2.24) is 25.0 Å². The van der Waals surface area contributed by atoms with Crippen molar-refractivity contribution in [1.29, 1.82) is 0 Å².